The fourth-order valence-corrected chi connectivity index (χ4v) is 2.10. The van der Waals surface area contributed by atoms with Gasteiger partial charge in [0.2, 0.25) is 0 Å². The van der Waals surface area contributed by atoms with E-state index in [2.05, 4.69) is 22.4 Å². The number of carbonyl (C=O) groups is 2. The van der Waals surface area contributed by atoms with E-state index in [0.29, 0.717) is 29.5 Å². The molecule has 0 heterocycles. The van der Waals surface area contributed by atoms with Gasteiger partial charge in [0.25, 0.3) is 0 Å². The van der Waals surface area contributed by atoms with E-state index in [9.17, 15) is 9.59 Å². The van der Waals surface area contributed by atoms with Gasteiger partial charge in [0, 0.05) is 6.07 Å². The fourth-order valence-electron chi connectivity index (χ4n) is 2.10. The van der Waals surface area contributed by atoms with Crippen LogP contribution in [0.15, 0.2) is 60.2 Å². The van der Waals surface area contributed by atoms with Gasteiger partial charge in [-0.3, -0.25) is 9.59 Å². The van der Waals surface area contributed by atoms with E-state index in [-0.39, 0.29) is 0 Å². The molecule has 0 aliphatic carbocycles. The number of methoxy groups -OCH3 is 2. The first-order valence-electron chi connectivity index (χ1n) is 8.27. The molecule has 0 aliphatic heterocycles. The maximum absolute atomic E-state index is 12.0. The lowest BCUT2D eigenvalue weighted by molar-refractivity contribution is -0.136. The van der Waals surface area contributed by atoms with Crippen molar-refractivity contribution in [2.45, 2.75) is 0 Å². The second kappa shape index (κ2) is 10.4. The summed E-state index contributed by atoms with van der Waals surface area (Å²) in [6.07, 6.45) is 3.06. The Morgan fingerprint density at radius 2 is 1.75 bits per heavy atom. The normalized spacial score (nSPS) is 10.2. The molecule has 146 valence electrons. The van der Waals surface area contributed by atoms with E-state index in [1.165, 1.54) is 20.4 Å². The molecule has 0 saturated carbocycles. The fraction of sp³-hybridized carbons (Fsp3) is 0.150. The number of benzene rings is 2. The van der Waals surface area contributed by atoms with Gasteiger partial charge >= 0.3 is 11.8 Å². The SMILES string of the molecule is C=CCOc1ccc(/C=N\NC(=O)C(=O)Nc2ccc(OC)cc2OC)cc1. The molecule has 8 heteroatoms. The van der Waals surface area contributed by atoms with Crippen molar-refractivity contribution in [3.63, 3.8) is 0 Å². The highest BCUT2D eigenvalue weighted by Gasteiger charge is 2.15. The summed E-state index contributed by atoms with van der Waals surface area (Å²) in [6.45, 7) is 3.99. The molecule has 8 nitrogen and oxygen atoms in total. The van der Waals surface area contributed by atoms with Gasteiger partial charge in [-0.1, -0.05) is 12.7 Å². The summed E-state index contributed by atoms with van der Waals surface area (Å²) in [5.74, 6) is -0.185. The number of amides is 2. The molecule has 0 fully saturated rings. The summed E-state index contributed by atoms with van der Waals surface area (Å²) < 4.78 is 15.6. The molecule has 0 atom stereocenters. The first-order chi connectivity index (χ1) is 13.6. The lowest BCUT2D eigenvalue weighted by Gasteiger charge is -2.10. The molecular formula is C20H21N3O5. The minimum atomic E-state index is -0.917. The molecule has 28 heavy (non-hydrogen) atoms. The number of carbonyl (C=O) groups excluding carboxylic acids is 2. The van der Waals surface area contributed by atoms with Crippen molar-refractivity contribution in [2.24, 2.45) is 5.10 Å². The highest BCUT2D eigenvalue weighted by atomic mass is 16.5. The number of anilines is 1. The van der Waals surface area contributed by atoms with Gasteiger partial charge in [0.1, 0.15) is 23.9 Å². The lowest BCUT2D eigenvalue weighted by Crippen LogP contribution is -2.32. The largest absolute Gasteiger partial charge is 0.497 e. The third-order valence-corrected chi connectivity index (χ3v) is 3.49. The second-order valence-corrected chi connectivity index (χ2v) is 5.39. The first kappa shape index (κ1) is 20.5. The van der Waals surface area contributed by atoms with Crippen LogP contribution in [0, 0.1) is 0 Å². The van der Waals surface area contributed by atoms with Crippen molar-refractivity contribution in [1.82, 2.24) is 5.43 Å². The number of nitrogens with one attached hydrogen (secondary N) is 2. The maximum atomic E-state index is 12.0. The predicted octanol–water partition coefficient (Wildman–Crippen LogP) is 2.36. The van der Waals surface area contributed by atoms with Crippen molar-refractivity contribution in [1.29, 1.82) is 0 Å². The first-order valence-corrected chi connectivity index (χ1v) is 8.27. The number of rotatable bonds is 8. The zero-order valence-electron chi connectivity index (χ0n) is 15.6. The Bertz CT molecular complexity index is 863. The van der Waals surface area contributed by atoms with E-state index >= 15 is 0 Å². The van der Waals surface area contributed by atoms with E-state index < -0.39 is 11.8 Å². The second-order valence-electron chi connectivity index (χ2n) is 5.39. The quantitative estimate of drug-likeness (QED) is 0.316. The van der Waals surface area contributed by atoms with Gasteiger partial charge in [-0.05, 0) is 42.0 Å². The Kier molecular flexibility index (Phi) is 7.59. The minimum absolute atomic E-state index is 0.336. The smallest absolute Gasteiger partial charge is 0.329 e. The summed E-state index contributed by atoms with van der Waals surface area (Å²) in [4.78, 5) is 23.9. The highest BCUT2D eigenvalue weighted by molar-refractivity contribution is 6.39. The number of hydrogen-bond acceptors (Lipinski definition) is 6. The van der Waals surface area contributed by atoms with Gasteiger partial charge in [0.15, 0.2) is 0 Å². The minimum Gasteiger partial charge on any atom is -0.497 e. The molecule has 0 aromatic heterocycles. The number of ether oxygens (including phenoxy) is 3. The highest BCUT2D eigenvalue weighted by Crippen LogP contribution is 2.28. The Morgan fingerprint density at radius 3 is 2.39 bits per heavy atom. The van der Waals surface area contributed by atoms with Gasteiger partial charge in [-0.15, -0.1) is 0 Å². The van der Waals surface area contributed by atoms with Gasteiger partial charge in [-0.25, -0.2) is 5.43 Å². The molecule has 2 aromatic carbocycles. The standard InChI is InChI=1S/C20H21N3O5/c1-4-11-28-15-7-5-14(6-8-15)13-21-23-20(25)19(24)22-17-10-9-16(26-2)12-18(17)27-3/h4-10,12-13H,1,11H2,2-3H3,(H,22,24)(H,23,25)/b21-13-. The molecule has 0 saturated heterocycles. The van der Waals surface area contributed by atoms with Crippen LogP contribution in [-0.4, -0.2) is 38.9 Å². The Labute approximate surface area is 162 Å². The van der Waals surface area contributed by atoms with Crippen LogP contribution in [0.4, 0.5) is 5.69 Å². The van der Waals surface area contributed by atoms with E-state index in [4.69, 9.17) is 14.2 Å². The number of hydrazone groups is 1. The van der Waals surface area contributed by atoms with Crippen molar-refractivity contribution in [3.05, 3.63) is 60.7 Å². The van der Waals surface area contributed by atoms with Crippen LogP contribution < -0.4 is 25.0 Å². The predicted molar refractivity (Wildman–Crippen MR) is 106 cm³/mol. The van der Waals surface area contributed by atoms with E-state index in [1.54, 1.807) is 48.5 Å². The van der Waals surface area contributed by atoms with Crippen LogP contribution >= 0.6 is 0 Å². The maximum Gasteiger partial charge on any atom is 0.329 e. The van der Waals surface area contributed by atoms with Gasteiger partial charge in [-0.2, -0.15) is 5.10 Å². The summed E-state index contributed by atoms with van der Waals surface area (Å²) in [6, 6.07) is 11.8. The molecule has 2 N–H and O–H groups in total. The number of nitrogens with zero attached hydrogens (tertiary/aromatic N) is 1. The molecule has 2 amide bonds. The molecule has 0 aliphatic rings. The molecule has 0 spiro atoms. The van der Waals surface area contributed by atoms with E-state index in [1.807, 2.05) is 0 Å². The van der Waals surface area contributed by atoms with Crippen molar-refractivity contribution in [3.8, 4) is 17.2 Å². The van der Waals surface area contributed by atoms with Crippen molar-refractivity contribution >= 4 is 23.7 Å². The zero-order valence-corrected chi connectivity index (χ0v) is 15.6. The van der Waals surface area contributed by atoms with Crippen LogP contribution in [0.3, 0.4) is 0 Å². The monoisotopic (exact) mass is 383 g/mol. The summed E-state index contributed by atoms with van der Waals surface area (Å²) in [5.41, 5.74) is 3.23. The molecule has 0 bridgehead atoms. The molecular weight excluding hydrogens is 362 g/mol. The summed E-state index contributed by atoms with van der Waals surface area (Å²) >= 11 is 0. The molecule has 0 radical (unpaired) electrons. The number of hydrogen-bond donors (Lipinski definition) is 2. The lowest BCUT2D eigenvalue weighted by atomic mass is 10.2. The van der Waals surface area contributed by atoms with Crippen LogP contribution in [0.5, 0.6) is 17.2 Å². The summed E-state index contributed by atoms with van der Waals surface area (Å²) in [7, 11) is 2.96. The average molecular weight is 383 g/mol. The van der Waals surface area contributed by atoms with Crippen LogP contribution in [-0.2, 0) is 9.59 Å². The average Bonchev–Trinajstić information content (AvgIpc) is 2.73. The Morgan fingerprint density at radius 1 is 1.04 bits per heavy atom. The van der Waals surface area contributed by atoms with Crippen molar-refractivity contribution < 1.29 is 23.8 Å². The molecule has 0 unspecified atom stereocenters. The van der Waals surface area contributed by atoms with Crippen LogP contribution in [0.1, 0.15) is 5.56 Å². The topological polar surface area (TPSA) is 98.2 Å². The Hall–Kier alpha value is -3.81. The molecule has 2 rings (SSSR count). The third-order valence-electron chi connectivity index (χ3n) is 3.49. The third kappa shape index (κ3) is 5.87. The van der Waals surface area contributed by atoms with E-state index in [0.717, 1.165) is 5.56 Å². The molecule has 2 aromatic rings. The zero-order chi connectivity index (χ0) is 20.4. The van der Waals surface area contributed by atoms with Crippen LogP contribution in [0.2, 0.25) is 0 Å². The summed E-state index contributed by atoms with van der Waals surface area (Å²) in [5, 5.41) is 6.23. The van der Waals surface area contributed by atoms with Crippen LogP contribution in [0.25, 0.3) is 0 Å². The van der Waals surface area contributed by atoms with Crippen molar-refractivity contribution in [2.75, 3.05) is 26.1 Å². The van der Waals surface area contributed by atoms with Gasteiger partial charge < -0.3 is 19.5 Å². The Balaban J connectivity index is 1.91. The van der Waals surface area contributed by atoms with Gasteiger partial charge in [0.05, 0.1) is 26.1 Å².